The summed E-state index contributed by atoms with van der Waals surface area (Å²) in [4.78, 5) is 2.43. The molecule has 0 unspecified atom stereocenters. The van der Waals surface area contributed by atoms with Crippen LogP contribution in [0.3, 0.4) is 0 Å². The number of rotatable bonds is 6. The number of thiophene rings is 1. The number of halogens is 1. The molecule has 2 heterocycles. The number of hydrogen-bond donors (Lipinski definition) is 1. The first-order chi connectivity index (χ1) is 9.13. The lowest BCUT2D eigenvalue weighted by molar-refractivity contribution is 0.0269. The Morgan fingerprint density at radius 3 is 2.79 bits per heavy atom. The Balaban J connectivity index is 1.92. The molecule has 1 aliphatic heterocycles. The molecule has 3 nitrogen and oxygen atoms in total. The second kappa shape index (κ2) is 7.18. The van der Waals surface area contributed by atoms with Gasteiger partial charge in [0, 0.05) is 25.6 Å². The van der Waals surface area contributed by atoms with Crippen molar-refractivity contribution in [2.24, 2.45) is 5.41 Å². The van der Waals surface area contributed by atoms with E-state index in [-0.39, 0.29) is 0 Å². The van der Waals surface area contributed by atoms with Crippen molar-refractivity contribution < 1.29 is 4.74 Å². The highest BCUT2D eigenvalue weighted by Gasteiger charge is 2.33. The molecule has 1 fully saturated rings. The Bertz CT molecular complexity index is 385. The maximum absolute atomic E-state index is 5.48. The zero-order chi connectivity index (χ0) is 13.7. The van der Waals surface area contributed by atoms with Crippen LogP contribution in [0.1, 0.15) is 18.4 Å². The van der Waals surface area contributed by atoms with Gasteiger partial charge >= 0.3 is 0 Å². The van der Waals surface area contributed by atoms with Crippen LogP contribution in [0.2, 0.25) is 0 Å². The van der Waals surface area contributed by atoms with Crippen LogP contribution in [-0.2, 0) is 11.3 Å². The maximum Gasteiger partial charge on any atom is 0.0701 e. The van der Waals surface area contributed by atoms with Gasteiger partial charge in [-0.1, -0.05) is 0 Å². The van der Waals surface area contributed by atoms with Crippen LogP contribution in [0, 0.1) is 5.41 Å². The zero-order valence-corrected chi connectivity index (χ0v) is 14.1. The number of nitrogens with one attached hydrogen (secondary N) is 1. The molecule has 108 valence electrons. The molecule has 0 amide bonds. The van der Waals surface area contributed by atoms with Crippen molar-refractivity contribution in [2.45, 2.75) is 19.4 Å². The fourth-order valence-corrected chi connectivity index (χ4v) is 4.18. The van der Waals surface area contributed by atoms with Crippen molar-refractivity contribution in [3.8, 4) is 0 Å². The van der Waals surface area contributed by atoms with E-state index in [9.17, 15) is 0 Å². The van der Waals surface area contributed by atoms with Gasteiger partial charge in [-0.15, -0.1) is 11.3 Å². The average Bonchev–Trinajstić information content (AvgIpc) is 2.75. The second-order valence-electron chi connectivity index (χ2n) is 5.61. The summed E-state index contributed by atoms with van der Waals surface area (Å²) in [5, 5.41) is 5.67. The van der Waals surface area contributed by atoms with Gasteiger partial charge in [-0.25, -0.2) is 0 Å². The predicted octanol–water partition coefficient (Wildman–Crippen LogP) is 2.96. The summed E-state index contributed by atoms with van der Waals surface area (Å²) in [6.45, 7) is 5.21. The quantitative estimate of drug-likeness (QED) is 0.856. The molecule has 0 bridgehead atoms. The Hall–Kier alpha value is 0.0600. The van der Waals surface area contributed by atoms with E-state index < -0.39 is 0 Å². The fraction of sp³-hybridized carbons (Fsp3) is 0.714. The minimum atomic E-state index is 0.321. The first-order valence-electron chi connectivity index (χ1n) is 6.75. The van der Waals surface area contributed by atoms with Crippen LogP contribution in [-0.4, -0.2) is 45.3 Å². The first kappa shape index (κ1) is 15.4. The summed E-state index contributed by atoms with van der Waals surface area (Å²) in [6.07, 6.45) is 2.41. The standard InChI is InChI=1S/C14H23BrN2OS/c1-17(8-12-7-13(15)19-9-12)10-14(11-18-2)3-5-16-6-4-14/h7,9,16H,3-6,8,10-11H2,1-2H3. The van der Waals surface area contributed by atoms with Crippen molar-refractivity contribution >= 4 is 27.3 Å². The normalized spacial score (nSPS) is 18.9. The minimum Gasteiger partial charge on any atom is -0.384 e. The third-order valence-electron chi connectivity index (χ3n) is 3.79. The fourth-order valence-electron chi connectivity index (χ4n) is 2.98. The van der Waals surface area contributed by atoms with Gasteiger partial charge in [-0.2, -0.15) is 0 Å². The molecule has 1 N–H and O–H groups in total. The lowest BCUT2D eigenvalue weighted by atomic mass is 9.79. The van der Waals surface area contributed by atoms with Crippen LogP contribution in [0.15, 0.2) is 15.2 Å². The molecule has 0 aromatic carbocycles. The van der Waals surface area contributed by atoms with Crippen molar-refractivity contribution in [1.29, 1.82) is 0 Å². The summed E-state index contributed by atoms with van der Waals surface area (Å²) in [5.74, 6) is 0. The summed E-state index contributed by atoms with van der Waals surface area (Å²) >= 11 is 5.28. The highest BCUT2D eigenvalue weighted by Crippen LogP contribution is 2.31. The molecule has 5 heteroatoms. The maximum atomic E-state index is 5.48. The molecule has 1 saturated heterocycles. The lowest BCUT2D eigenvalue weighted by Crippen LogP contribution is -2.46. The highest BCUT2D eigenvalue weighted by atomic mass is 79.9. The first-order valence-corrected chi connectivity index (χ1v) is 8.42. The number of hydrogen-bond acceptors (Lipinski definition) is 4. The van der Waals surface area contributed by atoms with E-state index in [0.717, 1.165) is 32.8 Å². The Morgan fingerprint density at radius 2 is 2.21 bits per heavy atom. The Morgan fingerprint density at radius 1 is 1.47 bits per heavy atom. The second-order valence-corrected chi connectivity index (χ2v) is 7.90. The molecular formula is C14H23BrN2OS. The van der Waals surface area contributed by atoms with E-state index in [0.29, 0.717) is 5.41 Å². The van der Waals surface area contributed by atoms with Gasteiger partial charge in [-0.3, -0.25) is 0 Å². The molecule has 1 aromatic heterocycles. The lowest BCUT2D eigenvalue weighted by Gasteiger charge is -2.40. The van der Waals surface area contributed by atoms with Gasteiger partial charge in [0.1, 0.15) is 0 Å². The van der Waals surface area contributed by atoms with Crippen LogP contribution in [0.5, 0.6) is 0 Å². The topological polar surface area (TPSA) is 24.5 Å². The van der Waals surface area contributed by atoms with Crippen LogP contribution < -0.4 is 5.32 Å². The Labute approximate surface area is 128 Å². The molecule has 2 rings (SSSR count). The molecule has 0 atom stereocenters. The molecule has 19 heavy (non-hydrogen) atoms. The van der Waals surface area contributed by atoms with Crippen molar-refractivity contribution in [1.82, 2.24) is 10.2 Å². The number of piperidine rings is 1. The summed E-state index contributed by atoms with van der Waals surface area (Å²) in [5.41, 5.74) is 1.71. The van der Waals surface area contributed by atoms with E-state index in [4.69, 9.17) is 4.74 Å². The molecule has 0 radical (unpaired) electrons. The molecule has 1 aromatic rings. The van der Waals surface area contributed by atoms with Crippen LogP contribution >= 0.6 is 27.3 Å². The molecule has 0 aliphatic carbocycles. The van der Waals surface area contributed by atoms with Gasteiger partial charge < -0.3 is 15.0 Å². The van der Waals surface area contributed by atoms with Gasteiger partial charge in [-0.05, 0) is 65.9 Å². The van der Waals surface area contributed by atoms with Crippen molar-refractivity contribution in [3.63, 3.8) is 0 Å². The van der Waals surface area contributed by atoms with Gasteiger partial charge in [0.05, 0.1) is 10.4 Å². The summed E-state index contributed by atoms with van der Waals surface area (Å²) in [6, 6.07) is 2.21. The van der Waals surface area contributed by atoms with Crippen molar-refractivity contribution in [2.75, 3.05) is 40.4 Å². The molecule has 0 saturated carbocycles. The highest BCUT2D eigenvalue weighted by molar-refractivity contribution is 9.11. The average molecular weight is 347 g/mol. The zero-order valence-electron chi connectivity index (χ0n) is 11.7. The van der Waals surface area contributed by atoms with Gasteiger partial charge in [0.15, 0.2) is 0 Å². The van der Waals surface area contributed by atoms with Crippen LogP contribution in [0.25, 0.3) is 0 Å². The third-order valence-corrected chi connectivity index (χ3v) is 5.35. The number of ether oxygens (including phenoxy) is 1. The monoisotopic (exact) mass is 346 g/mol. The smallest absolute Gasteiger partial charge is 0.0701 e. The van der Waals surface area contributed by atoms with Crippen molar-refractivity contribution in [3.05, 3.63) is 20.8 Å². The Kier molecular flexibility index (Phi) is 5.84. The third kappa shape index (κ3) is 4.53. The van der Waals surface area contributed by atoms with Crippen LogP contribution in [0.4, 0.5) is 0 Å². The predicted molar refractivity (Wildman–Crippen MR) is 84.8 cm³/mol. The van der Waals surface area contributed by atoms with E-state index in [1.165, 1.54) is 22.2 Å². The number of nitrogens with zero attached hydrogens (tertiary/aromatic N) is 1. The van der Waals surface area contributed by atoms with E-state index in [1.807, 2.05) is 7.11 Å². The van der Waals surface area contributed by atoms with Gasteiger partial charge in [0.25, 0.3) is 0 Å². The molecule has 0 spiro atoms. The molecule has 1 aliphatic rings. The summed E-state index contributed by atoms with van der Waals surface area (Å²) < 4.78 is 6.69. The van der Waals surface area contributed by atoms with E-state index >= 15 is 0 Å². The largest absolute Gasteiger partial charge is 0.384 e. The van der Waals surface area contributed by atoms with E-state index in [1.54, 1.807) is 11.3 Å². The summed E-state index contributed by atoms with van der Waals surface area (Å²) in [7, 11) is 4.03. The minimum absolute atomic E-state index is 0.321. The van der Waals surface area contributed by atoms with Gasteiger partial charge in [0.2, 0.25) is 0 Å². The van der Waals surface area contributed by atoms with E-state index in [2.05, 4.69) is 44.6 Å². The SMILES string of the molecule is COCC1(CN(C)Cc2csc(Br)c2)CCNCC1. The molecular weight excluding hydrogens is 324 g/mol. The number of methoxy groups -OCH3 is 1.